The van der Waals surface area contributed by atoms with Crippen LogP contribution in [0.3, 0.4) is 0 Å². The molecule has 0 aliphatic heterocycles. The molecule has 0 atom stereocenters. The number of para-hydroxylation sites is 1. The van der Waals surface area contributed by atoms with Crippen LogP contribution >= 0.6 is 23.2 Å². The molecule has 0 radical (unpaired) electrons. The summed E-state index contributed by atoms with van der Waals surface area (Å²) in [5.74, 6) is 0.516. The van der Waals surface area contributed by atoms with Gasteiger partial charge in [-0.15, -0.1) is 11.6 Å². The summed E-state index contributed by atoms with van der Waals surface area (Å²) in [7, 11) is 1.74. The molecule has 18 heavy (non-hydrogen) atoms. The molecular weight excluding hydrogens is 274 g/mol. The summed E-state index contributed by atoms with van der Waals surface area (Å²) in [4.78, 5) is 5.96. The number of hydrogen-bond acceptors (Lipinski definition) is 2. The van der Waals surface area contributed by atoms with Crippen molar-refractivity contribution in [3.8, 4) is 0 Å². The lowest BCUT2D eigenvalue weighted by Crippen LogP contribution is -2.13. The Kier molecular flexibility index (Phi) is 4.04. The molecule has 0 bridgehead atoms. The van der Waals surface area contributed by atoms with Crippen molar-refractivity contribution in [1.82, 2.24) is 4.98 Å². The summed E-state index contributed by atoms with van der Waals surface area (Å²) in [5, 5.41) is 0.510. The van der Waals surface area contributed by atoms with Crippen molar-refractivity contribution in [2.75, 3.05) is 11.9 Å². The molecule has 2 aromatic rings. The first-order chi connectivity index (χ1) is 8.63. The Morgan fingerprint density at radius 3 is 2.61 bits per heavy atom. The van der Waals surface area contributed by atoms with Crippen LogP contribution in [0.15, 0.2) is 36.4 Å². The molecule has 1 aromatic carbocycles. The largest absolute Gasteiger partial charge is 0.327 e. The maximum absolute atomic E-state index is 13.7. The average Bonchev–Trinajstić information content (AvgIpc) is 2.39. The number of aromatic nitrogens is 1. The summed E-state index contributed by atoms with van der Waals surface area (Å²) in [6.07, 6.45) is 0. The third-order valence-corrected chi connectivity index (χ3v) is 3.19. The average molecular weight is 285 g/mol. The molecule has 0 aliphatic carbocycles. The number of rotatable bonds is 3. The van der Waals surface area contributed by atoms with Crippen LogP contribution in [-0.4, -0.2) is 12.0 Å². The zero-order chi connectivity index (χ0) is 13.1. The SMILES string of the molecule is CN(c1ccc(Cl)c(CCl)n1)c1ccccc1F. The molecule has 0 N–H and O–H groups in total. The second kappa shape index (κ2) is 5.55. The monoisotopic (exact) mass is 284 g/mol. The number of pyridine rings is 1. The van der Waals surface area contributed by atoms with Gasteiger partial charge in [0.1, 0.15) is 11.6 Å². The first kappa shape index (κ1) is 13.1. The molecule has 94 valence electrons. The molecule has 5 heteroatoms. The van der Waals surface area contributed by atoms with Gasteiger partial charge in [0, 0.05) is 7.05 Å². The summed E-state index contributed by atoms with van der Waals surface area (Å²) in [5.41, 5.74) is 1.03. The standard InChI is InChI=1S/C13H11Cl2FN2/c1-18(12-5-3-2-4-10(12)16)13-7-6-9(15)11(8-14)17-13/h2-7H,8H2,1H3. The van der Waals surface area contributed by atoms with E-state index >= 15 is 0 Å². The van der Waals surface area contributed by atoms with Crippen LogP contribution < -0.4 is 4.90 Å². The van der Waals surface area contributed by atoms with E-state index < -0.39 is 0 Å². The predicted molar refractivity (Wildman–Crippen MR) is 73.3 cm³/mol. The normalized spacial score (nSPS) is 10.4. The highest BCUT2D eigenvalue weighted by atomic mass is 35.5. The quantitative estimate of drug-likeness (QED) is 0.778. The second-order valence-electron chi connectivity index (χ2n) is 3.74. The Hall–Kier alpha value is -1.32. The van der Waals surface area contributed by atoms with E-state index in [2.05, 4.69) is 4.98 Å². The van der Waals surface area contributed by atoms with Crippen LogP contribution in [0.5, 0.6) is 0 Å². The number of alkyl halides is 1. The molecule has 0 amide bonds. The predicted octanol–water partition coefficient (Wildman–Crippen LogP) is 4.38. The van der Waals surface area contributed by atoms with E-state index in [1.165, 1.54) is 6.07 Å². The first-order valence-electron chi connectivity index (χ1n) is 5.33. The van der Waals surface area contributed by atoms with E-state index in [0.717, 1.165) is 0 Å². The molecule has 0 saturated carbocycles. The van der Waals surface area contributed by atoms with E-state index in [4.69, 9.17) is 23.2 Å². The minimum atomic E-state index is -0.302. The van der Waals surface area contributed by atoms with Crippen molar-refractivity contribution < 1.29 is 4.39 Å². The molecule has 0 spiro atoms. The Bertz CT molecular complexity index is 560. The molecule has 0 saturated heterocycles. The van der Waals surface area contributed by atoms with Crippen LogP contribution in [0.4, 0.5) is 15.9 Å². The first-order valence-corrected chi connectivity index (χ1v) is 6.24. The van der Waals surface area contributed by atoms with Crippen molar-refractivity contribution in [3.05, 3.63) is 52.9 Å². The fourth-order valence-electron chi connectivity index (χ4n) is 1.60. The zero-order valence-corrected chi connectivity index (χ0v) is 11.2. The fourth-order valence-corrected chi connectivity index (χ4v) is 2.04. The minimum Gasteiger partial charge on any atom is -0.327 e. The lowest BCUT2D eigenvalue weighted by atomic mass is 10.2. The Balaban J connectivity index is 2.40. The van der Waals surface area contributed by atoms with Crippen molar-refractivity contribution in [2.24, 2.45) is 0 Å². The van der Waals surface area contributed by atoms with Crippen LogP contribution in [0.2, 0.25) is 5.02 Å². The summed E-state index contributed by atoms with van der Waals surface area (Å²) >= 11 is 11.7. The van der Waals surface area contributed by atoms with Crippen LogP contribution in [0.25, 0.3) is 0 Å². The molecule has 2 rings (SSSR count). The highest BCUT2D eigenvalue weighted by Gasteiger charge is 2.11. The highest BCUT2D eigenvalue weighted by Crippen LogP contribution is 2.27. The second-order valence-corrected chi connectivity index (χ2v) is 4.42. The van der Waals surface area contributed by atoms with Gasteiger partial charge in [0.15, 0.2) is 0 Å². The Morgan fingerprint density at radius 2 is 1.94 bits per heavy atom. The van der Waals surface area contributed by atoms with Gasteiger partial charge in [0.2, 0.25) is 0 Å². The number of anilines is 2. The molecule has 0 aliphatic rings. The Labute approximate surface area is 115 Å². The van der Waals surface area contributed by atoms with E-state index in [1.54, 1.807) is 42.3 Å². The van der Waals surface area contributed by atoms with Crippen LogP contribution in [-0.2, 0) is 5.88 Å². The summed E-state index contributed by atoms with van der Waals surface area (Å²) < 4.78 is 13.7. The minimum absolute atomic E-state index is 0.220. The van der Waals surface area contributed by atoms with Gasteiger partial charge in [-0.3, -0.25) is 0 Å². The molecule has 0 fully saturated rings. The maximum Gasteiger partial charge on any atom is 0.146 e. The molecule has 1 heterocycles. The number of benzene rings is 1. The number of hydrogen-bond donors (Lipinski definition) is 0. The fraction of sp³-hybridized carbons (Fsp3) is 0.154. The highest BCUT2D eigenvalue weighted by molar-refractivity contribution is 6.32. The molecular formula is C13H11Cl2FN2. The smallest absolute Gasteiger partial charge is 0.146 e. The number of halogens is 3. The van der Waals surface area contributed by atoms with E-state index in [9.17, 15) is 4.39 Å². The van der Waals surface area contributed by atoms with Gasteiger partial charge in [-0.05, 0) is 24.3 Å². The van der Waals surface area contributed by atoms with Crippen molar-refractivity contribution >= 4 is 34.7 Å². The van der Waals surface area contributed by atoms with Crippen molar-refractivity contribution in [1.29, 1.82) is 0 Å². The van der Waals surface area contributed by atoms with Crippen molar-refractivity contribution in [3.63, 3.8) is 0 Å². The molecule has 2 nitrogen and oxygen atoms in total. The van der Waals surface area contributed by atoms with Crippen molar-refractivity contribution in [2.45, 2.75) is 5.88 Å². The summed E-state index contributed by atoms with van der Waals surface area (Å²) in [6, 6.07) is 9.94. The lowest BCUT2D eigenvalue weighted by Gasteiger charge is -2.19. The topological polar surface area (TPSA) is 16.1 Å². The Morgan fingerprint density at radius 1 is 1.22 bits per heavy atom. The van der Waals surface area contributed by atoms with E-state index in [0.29, 0.717) is 22.2 Å². The van der Waals surface area contributed by atoms with Gasteiger partial charge in [-0.25, -0.2) is 9.37 Å². The molecule has 1 aromatic heterocycles. The number of nitrogens with zero attached hydrogens (tertiary/aromatic N) is 2. The maximum atomic E-state index is 13.7. The van der Waals surface area contributed by atoms with Gasteiger partial charge < -0.3 is 4.90 Å². The summed E-state index contributed by atoms with van der Waals surface area (Å²) in [6.45, 7) is 0. The van der Waals surface area contributed by atoms with E-state index in [-0.39, 0.29) is 11.7 Å². The van der Waals surface area contributed by atoms with Gasteiger partial charge >= 0.3 is 0 Å². The zero-order valence-electron chi connectivity index (χ0n) is 9.70. The third-order valence-electron chi connectivity index (χ3n) is 2.59. The van der Waals surface area contributed by atoms with E-state index in [1.807, 2.05) is 0 Å². The third kappa shape index (κ3) is 2.57. The van der Waals surface area contributed by atoms with Crippen LogP contribution in [0, 0.1) is 5.82 Å². The van der Waals surface area contributed by atoms with Gasteiger partial charge in [-0.2, -0.15) is 0 Å². The molecule has 0 unspecified atom stereocenters. The van der Waals surface area contributed by atoms with Gasteiger partial charge in [-0.1, -0.05) is 23.7 Å². The van der Waals surface area contributed by atoms with Crippen LogP contribution in [0.1, 0.15) is 5.69 Å². The van der Waals surface area contributed by atoms with Gasteiger partial charge in [0.05, 0.1) is 22.3 Å². The van der Waals surface area contributed by atoms with Gasteiger partial charge in [0.25, 0.3) is 0 Å². The lowest BCUT2D eigenvalue weighted by molar-refractivity contribution is 0.627.